The highest BCUT2D eigenvalue weighted by molar-refractivity contribution is 5.85. The van der Waals surface area contributed by atoms with E-state index in [-0.39, 0.29) is 5.41 Å². The maximum atomic E-state index is 5.61. The van der Waals surface area contributed by atoms with Crippen molar-refractivity contribution >= 4 is 10.9 Å². The summed E-state index contributed by atoms with van der Waals surface area (Å²) in [7, 11) is 2.14. The highest BCUT2D eigenvalue weighted by Crippen LogP contribution is 2.42. The molecule has 0 saturated carbocycles. The zero-order valence-corrected chi connectivity index (χ0v) is 11.4. The highest BCUT2D eigenvalue weighted by atomic mass is 16.5. The van der Waals surface area contributed by atoms with Crippen molar-refractivity contribution in [1.82, 2.24) is 9.88 Å². The van der Waals surface area contributed by atoms with E-state index in [1.54, 1.807) is 0 Å². The Morgan fingerprint density at radius 1 is 1.32 bits per heavy atom. The summed E-state index contributed by atoms with van der Waals surface area (Å²) in [6.45, 7) is 2.87. The second-order valence-corrected chi connectivity index (χ2v) is 5.97. The number of ether oxygens (including phenoxy) is 1. The number of aryl methyl sites for hydroxylation is 1. The molecule has 0 spiro atoms. The number of rotatable bonds is 2. The van der Waals surface area contributed by atoms with Crippen LogP contribution in [0.4, 0.5) is 0 Å². The lowest BCUT2D eigenvalue weighted by Gasteiger charge is -2.46. The maximum absolute atomic E-state index is 5.61. The van der Waals surface area contributed by atoms with Gasteiger partial charge in [0.1, 0.15) is 0 Å². The number of fused-ring (bicyclic) bond motifs is 1. The third-order valence-electron chi connectivity index (χ3n) is 4.88. The van der Waals surface area contributed by atoms with E-state index in [1.807, 2.05) is 0 Å². The first-order valence-electron chi connectivity index (χ1n) is 7.17. The molecule has 3 heteroatoms. The minimum Gasteiger partial charge on any atom is -0.379 e. The first kappa shape index (κ1) is 11.5. The molecule has 3 heterocycles. The average Bonchev–Trinajstić information content (AvgIpc) is 2.99. The second-order valence-electron chi connectivity index (χ2n) is 5.97. The van der Waals surface area contributed by atoms with Crippen molar-refractivity contribution in [2.75, 3.05) is 19.8 Å². The normalized spacial score (nSPS) is 25.6. The van der Waals surface area contributed by atoms with E-state index < -0.39 is 0 Å². The van der Waals surface area contributed by atoms with Gasteiger partial charge in [-0.3, -0.25) is 0 Å². The first-order chi connectivity index (χ1) is 9.31. The van der Waals surface area contributed by atoms with Gasteiger partial charge in [0.25, 0.3) is 0 Å². The quantitative estimate of drug-likeness (QED) is 0.891. The molecule has 4 rings (SSSR count). The lowest BCUT2D eigenvalue weighted by molar-refractivity contribution is -0.0753. The summed E-state index contributed by atoms with van der Waals surface area (Å²) in [5, 5.41) is 5.07. The molecule has 100 valence electrons. The van der Waals surface area contributed by atoms with E-state index >= 15 is 0 Å². The molecule has 1 N–H and O–H groups in total. The monoisotopic (exact) mass is 256 g/mol. The molecule has 2 aliphatic rings. The van der Waals surface area contributed by atoms with E-state index in [4.69, 9.17) is 4.74 Å². The van der Waals surface area contributed by atoms with Crippen molar-refractivity contribution < 1.29 is 4.74 Å². The molecular formula is C16H20N2O. The van der Waals surface area contributed by atoms with E-state index in [2.05, 4.69) is 47.4 Å². The first-order valence-corrected chi connectivity index (χ1v) is 7.17. The number of hydrogen-bond donors (Lipinski definition) is 1. The molecule has 0 radical (unpaired) electrons. The predicted molar refractivity (Wildman–Crippen MR) is 76.4 cm³/mol. The molecule has 2 saturated heterocycles. The van der Waals surface area contributed by atoms with Gasteiger partial charge in [-0.05, 0) is 31.0 Å². The Hall–Kier alpha value is -1.32. The van der Waals surface area contributed by atoms with Gasteiger partial charge in [-0.15, -0.1) is 0 Å². The van der Waals surface area contributed by atoms with Crippen LogP contribution in [0.1, 0.15) is 18.4 Å². The highest BCUT2D eigenvalue weighted by Gasteiger charge is 2.49. The van der Waals surface area contributed by atoms with Crippen molar-refractivity contribution in [3.8, 4) is 0 Å². The summed E-state index contributed by atoms with van der Waals surface area (Å²) in [5.74, 6) is 0. The molecule has 1 unspecified atom stereocenters. The van der Waals surface area contributed by atoms with Crippen LogP contribution in [-0.4, -0.2) is 30.4 Å². The molecule has 0 bridgehead atoms. The number of benzene rings is 1. The van der Waals surface area contributed by atoms with Crippen molar-refractivity contribution in [2.45, 2.75) is 24.3 Å². The van der Waals surface area contributed by atoms with Crippen molar-refractivity contribution in [3.63, 3.8) is 0 Å². The van der Waals surface area contributed by atoms with Crippen LogP contribution in [0.3, 0.4) is 0 Å². The molecule has 2 aromatic rings. The molecule has 2 fully saturated rings. The Morgan fingerprint density at radius 3 is 2.84 bits per heavy atom. The fourth-order valence-electron chi connectivity index (χ4n) is 3.76. The predicted octanol–water partition coefficient (Wildman–Crippen LogP) is 2.20. The number of nitrogens with zero attached hydrogens (tertiary/aromatic N) is 1. The van der Waals surface area contributed by atoms with Gasteiger partial charge in [-0.1, -0.05) is 18.2 Å². The Kier molecular flexibility index (Phi) is 2.47. The molecule has 1 atom stereocenters. The van der Waals surface area contributed by atoms with Crippen LogP contribution in [0.5, 0.6) is 0 Å². The van der Waals surface area contributed by atoms with Gasteiger partial charge >= 0.3 is 0 Å². The summed E-state index contributed by atoms with van der Waals surface area (Å²) >= 11 is 0. The number of nitrogens with one attached hydrogen (secondary N) is 1. The maximum Gasteiger partial charge on any atom is 0.0601 e. The SMILES string of the molecule is Cn1cc(C2(C3CCCN3)COC2)c2ccccc21. The molecule has 1 aromatic carbocycles. The van der Waals surface area contributed by atoms with Crippen LogP contribution in [0.25, 0.3) is 10.9 Å². The van der Waals surface area contributed by atoms with E-state index in [9.17, 15) is 0 Å². The van der Waals surface area contributed by atoms with Crippen molar-refractivity contribution in [3.05, 3.63) is 36.0 Å². The van der Waals surface area contributed by atoms with Crippen LogP contribution in [0, 0.1) is 0 Å². The van der Waals surface area contributed by atoms with Crippen molar-refractivity contribution in [1.29, 1.82) is 0 Å². The standard InChI is InChI=1S/C16H20N2O/c1-18-9-13(12-5-2-3-6-14(12)18)16(10-19-11-16)15-7-4-8-17-15/h2-3,5-6,9,15,17H,4,7-8,10-11H2,1H3. The molecule has 3 nitrogen and oxygen atoms in total. The van der Waals surface area contributed by atoms with Gasteiger partial charge < -0.3 is 14.6 Å². The van der Waals surface area contributed by atoms with Gasteiger partial charge in [0.2, 0.25) is 0 Å². The molecule has 0 amide bonds. The lowest BCUT2D eigenvalue weighted by atomic mass is 9.72. The topological polar surface area (TPSA) is 26.2 Å². The largest absolute Gasteiger partial charge is 0.379 e. The summed E-state index contributed by atoms with van der Waals surface area (Å²) in [5.41, 5.74) is 2.98. The fraction of sp³-hybridized carbons (Fsp3) is 0.500. The van der Waals surface area contributed by atoms with Crippen LogP contribution < -0.4 is 5.32 Å². The molecule has 19 heavy (non-hydrogen) atoms. The Bertz CT molecular complexity index is 606. The molecule has 0 aliphatic carbocycles. The summed E-state index contributed by atoms with van der Waals surface area (Å²) in [6, 6.07) is 9.28. The number of para-hydroxylation sites is 1. The van der Waals surface area contributed by atoms with Gasteiger partial charge in [0, 0.05) is 30.2 Å². The van der Waals surface area contributed by atoms with Crippen LogP contribution in [0.2, 0.25) is 0 Å². The van der Waals surface area contributed by atoms with E-state index in [0.29, 0.717) is 6.04 Å². The van der Waals surface area contributed by atoms with E-state index in [0.717, 1.165) is 19.8 Å². The summed E-state index contributed by atoms with van der Waals surface area (Å²) in [6.07, 6.45) is 4.87. The van der Waals surface area contributed by atoms with Gasteiger partial charge in [-0.2, -0.15) is 0 Å². The Labute approximate surface area is 113 Å². The van der Waals surface area contributed by atoms with Crippen LogP contribution in [0.15, 0.2) is 30.5 Å². The zero-order valence-electron chi connectivity index (χ0n) is 11.4. The van der Waals surface area contributed by atoms with Gasteiger partial charge in [-0.25, -0.2) is 0 Å². The minimum absolute atomic E-state index is 0.192. The number of hydrogen-bond acceptors (Lipinski definition) is 2. The third kappa shape index (κ3) is 1.52. The zero-order chi connectivity index (χ0) is 12.9. The summed E-state index contributed by atoms with van der Waals surface area (Å²) in [4.78, 5) is 0. The Balaban J connectivity index is 1.88. The second kappa shape index (κ2) is 4.09. The lowest BCUT2D eigenvalue weighted by Crippen LogP contribution is -2.58. The smallest absolute Gasteiger partial charge is 0.0601 e. The molecular weight excluding hydrogens is 236 g/mol. The average molecular weight is 256 g/mol. The molecule has 2 aliphatic heterocycles. The molecule has 1 aromatic heterocycles. The van der Waals surface area contributed by atoms with Crippen LogP contribution in [-0.2, 0) is 17.2 Å². The van der Waals surface area contributed by atoms with E-state index in [1.165, 1.54) is 29.3 Å². The number of aromatic nitrogens is 1. The Morgan fingerprint density at radius 2 is 2.16 bits per heavy atom. The minimum atomic E-state index is 0.192. The van der Waals surface area contributed by atoms with Crippen molar-refractivity contribution in [2.24, 2.45) is 7.05 Å². The van der Waals surface area contributed by atoms with Crippen LogP contribution >= 0.6 is 0 Å². The fourth-order valence-corrected chi connectivity index (χ4v) is 3.76. The summed E-state index contributed by atoms with van der Waals surface area (Å²) < 4.78 is 7.86. The van der Waals surface area contributed by atoms with Gasteiger partial charge in [0.15, 0.2) is 0 Å². The third-order valence-corrected chi connectivity index (χ3v) is 4.88. The van der Waals surface area contributed by atoms with Gasteiger partial charge in [0.05, 0.1) is 18.6 Å².